The lowest BCUT2D eigenvalue weighted by atomic mass is 10.0. The van der Waals surface area contributed by atoms with Gasteiger partial charge in [0.25, 0.3) is 0 Å². The first-order chi connectivity index (χ1) is 7.04. The Morgan fingerprint density at radius 3 is 2.27 bits per heavy atom. The molecule has 0 aliphatic carbocycles. The van der Waals surface area contributed by atoms with Crippen molar-refractivity contribution in [2.75, 3.05) is 0 Å². The van der Waals surface area contributed by atoms with Crippen molar-refractivity contribution in [1.29, 1.82) is 0 Å². The molecular formula is C14H23N. The van der Waals surface area contributed by atoms with E-state index in [0.717, 1.165) is 6.54 Å². The number of benzene rings is 1. The summed E-state index contributed by atoms with van der Waals surface area (Å²) in [5.41, 5.74) is 5.61. The Hall–Kier alpha value is -0.820. The van der Waals surface area contributed by atoms with Crippen LogP contribution in [0.2, 0.25) is 0 Å². The predicted molar refractivity (Wildman–Crippen MR) is 67.2 cm³/mol. The molecule has 1 nitrogen and oxygen atoms in total. The maximum Gasteiger partial charge on any atom is 0.0210 e. The van der Waals surface area contributed by atoms with Crippen LogP contribution in [-0.4, -0.2) is 6.04 Å². The molecule has 0 aliphatic heterocycles. The van der Waals surface area contributed by atoms with E-state index in [1.807, 2.05) is 0 Å². The van der Waals surface area contributed by atoms with Crippen molar-refractivity contribution in [3.05, 3.63) is 34.4 Å². The van der Waals surface area contributed by atoms with Gasteiger partial charge in [0.05, 0.1) is 0 Å². The molecule has 0 amide bonds. The number of aryl methyl sites for hydroxylation is 3. The van der Waals surface area contributed by atoms with Gasteiger partial charge in [-0.25, -0.2) is 0 Å². The van der Waals surface area contributed by atoms with Gasteiger partial charge in [-0.3, -0.25) is 0 Å². The van der Waals surface area contributed by atoms with Gasteiger partial charge in [0.2, 0.25) is 0 Å². The SMILES string of the molecule is CC[C@@H](C)NCc1cc(C)c(C)cc1C. The summed E-state index contributed by atoms with van der Waals surface area (Å²) in [5.74, 6) is 0. The van der Waals surface area contributed by atoms with Gasteiger partial charge in [0, 0.05) is 12.6 Å². The van der Waals surface area contributed by atoms with E-state index in [1.165, 1.54) is 28.7 Å². The lowest BCUT2D eigenvalue weighted by Crippen LogP contribution is -2.24. The summed E-state index contributed by atoms with van der Waals surface area (Å²) in [7, 11) is 0. The highest BCUT2D eigenvalue weighted by molar-refractivity contribution is 5.36. The first-order valence-corrected chi connectivity index (χ1v) is 5.84. The first kappa shape index (κ1) is 12.3. The van der Waals surface area contributed by atoms with E-state index >= 15 is 0 Å². The van der Waals surface area contributed by atoms with Crippen LogP contribution in [0.25, 0.3) is 0 Å². The average molecular weight is 205 g/mol. The molecule has 0 heterocycles. The molecule has 1 aromatic rings. The van der Waals surface area contributed by atoms with Gasteiger partial charge in [0.1, 0.15) is 0 Å². The van der Waals surface area contributed by atoms with E-state index < -0.39 is 0 Å². The summed E-state index contributed by atoms with van der Waals surface area (Å²) in [4.78, 5) is 0. The van der Waals surface area contributed by atoms with Gasteiger partial charge < -0.3 is 5.32 Å². The largest absolute Gasteiger partial charge is 0.310 e. The second-order valence-electron chi connectivity index (χ2n) is 4.55. The number of rotatable bonds is 4. The molecule has 0 spiro atoms. The average Bonchev–Trinajstić information content (AvgIpc) is 2.21. The molecular weight excluding hydrogens is 182 g/mol. The Kier molecular flexibility index (Phi) is 4.34. The van der Waals surface area contributed by atoms with E-state index in [4.69, 9.17) is 0 Å². The fourth-order valence-corrected chi connectivity index (χ4v) is 1.64. The van der Waals surface area contributed by atoms with Crippen molar-refractivity contribution in [2.45, 2.75) is 53.6 Å². The standard InChI is InChI=1S/C14H23N/c1-6-13(5)15-9-14-8-11(3)10(2)7-12(14)4/h7-8,13,15H,6,9H2,1-5H3/t13-/m1/s1. The predicted octanol–water partition coefficient (Wildman–Crippen LogP) is 3.50. The van der Waals surface area contributed by atoms with Gasteiger partial charge in [-0.2, -0.15) is 0 Å². The normalized spacial score (nSPS) is 12.9. The second kappa shape index (κ2) is 5.32. The lowest BCUT2D eigenvalue weighted by Gasteiger charge is -2.14. The van der Waals surface area contributed by atoms with Crippen LogP contribution in [0.5, 0.6) is 0 Å². The quantitative estimate of drug-likeness (QED) is 0.793. The minimum absolute atomic E-state index is 0.603. The summed E-state index contributed by atoms with van der Waals surface area (Å²) in [5, 5.41) is 3.54. The molecule has 1 atom stereocenters. The third kappa shape index (κ3) is 3.35. The van der Waals surface area contributed by atoms with Crippen LogP contribution in [-0.2, 0) is 6.54 Å². The molecule has 0 bridgehead atoms. The third-order valence-corrected chi connectivity index (χ3v) is 3.21. The van der Waals surface area contributed by atoms with Crippen molar-refractivity contribution >= 4 is 0 Å². The smallest absolute Gasteiger partial charge is 0.0210 e. The number of hydrogen-bond acceptors (Lipinski definition) is 1. The van der Waals surface area contributed by atoms with Crippen LogP contribution in [0.1, 0.15) is 42.5 Å². The molecule has 1 N–H and O–H groups in total. The summed E-state index contributed by atoms with van der Waals surface area (Å²) >= 11 is 0. The Morgan fingerprint density at radius 1 is 1.07 bits per heavy atom. The van der Waals surface area contributed by atoms with Gasteiger partial charge in [-0.15, -0.1) is 0 Å². The Bertz CT molecular complexity index is 328. The second-order valence-corrected chi connectivity index (χ2v) is 4.55. The molecule has 0 fully saturated rings. The molecule has 15 heavy (non-hydrogen) atoms. The highest BCUT2D eigenvalue weighted by atomic mass is 14.9. The number of nitrogens with one attached hydrogen (secondary N) is 1. The van der Waals surface area contributed by atoms with Crippen molar-refractivity contribution in [3.8, 4) is 0 Å². The summed E-state index contributed by atoms with van der Waals surface area (Å²) < 4.78 is 0. The van der Waals surface area contributed by atoms with Crippen LogP contribution in [0.4, 0.5) is 0 Å². The van der Waals surface area contributed by atoms with Crippen molar-refractivity contribution in [3.63, 3.8) is 0 Å². The van der Waals surface area contributed by atoms with Crippen molar-refractivity contribution < 1.29 is 0 Å². The molecule has 84 valence electrons. The summed E-state index contributed by atoms with van der Waals surface area (Å²) in [6, 6.07) is 5.19. The monoisotopic (exact) mass is 205 g/mol. The highest BCUT2D eigenvalue weighted by Crippen LogP contribution is 2.15. The van der Waals surface area contributed by atoms with Gasteiger partial charge in [-0.1, -0.05) is 19.1 Å². The van der Waals surface area contributed by atoms with Crippen LogP contribution in [0.3, 0.4) is 0 Å². The van der Waals surface area contributed by atoms with E-state index in [0.29, 0.717) is 6.04 Å². The minimum Gasteiger partial charge on any atom is -0.310 e. The fourth-order valence-electron chi connectivity index (χ4n) is 1.64. The highest BCUT2D eigenvalue weighted by Gasteiger charge is 2.03. The van der Waals surface area contributed by atoms with Crippen LogP contribution in [0.15, 0.2) is 12.1 Å². The summed E-state index contributed by atoms with van der Waals surface area (Å²) in [6.45, 7) is 12.0. The third-order valence-electron chi connectivity index (χ3n) is 3.21. The topological polar surface area (TPSA) is 12.0 Å². The van der Waals surface area contributed by atoms with Crippen LogP contribution < -0.4 is 5.32 Å². The Morgan fingerprint density at radius 2 is 1.67 bits per heavy atom. The first-order valence-electron chi connectivity index (χ1n) is 5.84. The van der Waals surface area contributed by atoms with Gasteiger partial charge in [-0.05, 0) is 56.4 Å². The van der Waals surface area contributed by atoms with Crippen molar-refractivity contribution in [2.24, 2.45) is 0 Å². The molecule has 0 saturated carbocycles. The van der Waals surface area contributed by atoms with Crippen LogP contribution >= 0.6 is 0 Å². The van der Waals surface area contributed by atoms with Gasteiger partial charge >= 0.3 is 0 Å². The molecule has 0 aromatic heterocycles. The fraction of sp³-hybridized carbons (Fsp3) is 0.571. The van der Waals surface area contributed by atoms with E-state index in [1.54, 1.807) is 0 Å². The maximum atomic E-state index is 3.54. The van der Waals surface area contributed by atoms with E-state index in [-0.39, 0.29) is 0 Å². The molecule has 1 rings (SSSR count). The summed E-state index contributed by atoms with van der Waals surface area (Å²) in [6.07, 6.45) is 1.18. The van der Waals surface area contributed by atoms with E-state index in [9.17, 15) is 0 Å². The zero-order chi connectivity index (χ0) is 11.4. The molecule has 0 unspecified atom stereocenters. The van der Waals surface area contributed by atoms with Crippen LogP contribution in [0, 0.1) is 20.8 Å². The molecule has 0 aliphatic rings. The molecule has 1 aromatic carbocycles. The zero-order valence-corrected chi connectivity index (χ0v) is 10.6. The molecule has 0 radical (unpaired) electrons. The number of hydrogen-bond donors (Lipinski definition) is 1. The molecule has 1 heteroatoms. The maximum absolute atomic E-state index is 3.54. The van der Waals surface area contributed by atoms with Crippen molar-refractivity contribution in [1.82, 2.24) is 5.32 Å². The Labute approximate surface area is 93.9 Å². The Balaban J connectivity index is 2.73. The minimum atomic E-state index is 0.603. The van der Waals surface area contributed by atoms with E-state index in [2.05, 4.69) is 52.1 Å². The lowest BCUT2D eigenvalue weighted by molar-refractivity contribution is 0.533. The molecule has 0 saturated heterocycles. The zero-order valence-electron chi connectivity index (χ0n) is 10.6. The van der Waals surface area contributed by atoms with Gasteiger partial charge in [0.15, 0.2) is 0 Å².